The Morgan fingerprint density at radius 1 is 0.926 bits per heavy atom. The Morgan fingerprint density at radius 3 is 2.26 bits per heavy atom. The fourth-order valence-electron chi connectivity index (χ4n) is 3.56. The molecule has 0 saturated carbocycles. The van der Waals surface area contributed by atoms with Crippen LogP contribution in [0.25, 0.3) is 0 Å². The molecule has 1 amide bonds. The number of hydrogen-bond donors (Lipinski definition) is 2. The van der Waals surface area contributed by atoms with E-state index in [9.17, 15) is 14.7 Å². The van der Waals surface area contributed by atoms with Gasteiger partial charge in [0.2, 0.25) is 5.66 Å². The molecule has 0 spiro atoms. The number of carbonyl (C=O) groups excluding carboxylic acids is 1. The fraction of sp³-hybridized carbons (Fsp3) is 0.0909. The van der Waals surface area contributed by atoms with Crippen molar-refractivity contribution in [3.63, 3.8) is 0 Å². The summed E-state index contributed by atoms with van der Waals surface area (Å²) in [6, 6.07) is 23.0. The highest BCUT2D eigenvalue weighted by Gasteiger charge is 2.53. The van der Waals surface area contributed by atoms with E-state index in [1.165, 1.54) is 4.90 Å². The summed E-state index contributed by atoms with van der Waals surface area (Å²) in [6.07, 6.45) is 0. The number of hydrogen-bond acceptors (Lipinski definition) is 3. The van der Waals surface area contributed by atoms with Gasteiger partial charge in [-0.15, -0.1) is 0 Å². The molecule has 5 nitrogen and oxygen atoms in total. The van der Waals surface area contributed by atoms with E-state index in [0.29, 0.717) is 22.5 Å². The van der Waals surface area contributed by atoms with Crippen molar-refractivity contribution in [2.24, 2.45) is 0 Å². The number of rotatable bonds is 3. The molecule has 1 aliphatic rings. The molecule has 0 radical (unpaired) electrons. The molecule has 27 heavy (non-hydrogen) atoms. The summed E-state index contributed by atoms with van der Waals surface area (Å²) in [6.45, 7) is 1.86. The maximum Gasteiger partial charge on any atom is 0.356 e. The first-order chi connectivity index (χ1) is 13.1. The van der Waals surface area contributed by atoms with Gasteiger partial charge in [-0.25, -0.2) is 4.79 Å². The number of nitrogens with zero attached hydrogens (tertiary/aromatic N) is 1. The van der Waals surface area contributed by atoms with Crippen molar-refractivity contribution in [3.05, 3.63) is 95.6 Å². The highest BCUT2D eigenvalue weighted by Crippen LogP contribution is 2.42. The lowest BCUT2D eigenvalue weighted by Gasteiger charge is -2.46. The maximum atomic E-state index is 13.5. The van der Waals surface area contributed by atoms with Gasteiger partial charge >= 0.3 is 5.97 Å². The third kappa shape index (κ3) is 2.47. The number of carbonyl (C=O) groups is 2. The SMILES string of the molecule is Cc1ccccc1N1C(=O)c2ccccc2NC1(C(=O)O)c1ccccc1. The van der Waals surface area contributed by atoms with E-state index in [-0.39, 0.29) is 5.91 Å². The van der Waals surface area contributed by atoms with Gasteiger partial charge in [-0.2, -0.15) is 0 Å². The third-order valence-corrected chi connectivity index (χ3v) is 4.87. The monoisotopic (exact) mass is 358 g/mol. The smallest absolute Gasteiger partial charge is 0.356 e. The Labute approximate surface area is 156 Å². The fourth-order valence-corrected chi connectivity index (χ4v) is 3.56. The molecule has 5 heteroatoms. The van der Waals surface area contributed by atoms with Crippen molar-refractivity contribution in [1.82, 2.24) is 0 Å². The highest BCUT2D eigenvalue weighted by atomic mass is 16.4. The van der Waals surface area contributed by atoms with Gasteiger partial charge in [0.25, 0.3) is 5.91 Å². The van der Waals surface area contributed by atoms with Gasteiger partial charge < -0.3 is 10.4 Å². The standard InChI is InChI=1S/C22H18N2O3/c1-15-9-5-8-14-19(15)24-20(25)17-12-6-7-13-18(17)23-22(24,21(26)27)16-10-3-2-4-11-16/h2-14,23H,1H3,(H,26,27). The van der Waals surface area contributed by atoms with Crippen LogP contribution >= 0.6 is 0 Å². The van der Waals surface area contributed by atoms with Gasteiger partial charge in [-0.1, -0.05) is 60.7 Å². The summed E-state index contributed by atoms with van der Waals surface area (Å²) in [7, 11) is 0. The van der Waals surface area contributed by atoms with Crippen LogP contribution in [0.5, 0.6) is 0 Å². The van der Waals surface area contributed by atoms with E-state index in [2.05, 4.69) is 5.32 Å². The minimum atomic E-state index is -1.75. The van der Waals surface area contributed by atoms with Crippen LogP contribution in [0.1, 0.15) is 21.5 Å². The van der Waals surface area contributed by atoms with Crippen molar-refractivity contribution in [3.8, 4) is 0 Å². The number of para-hydroxylation sites is 2. The molecule has 0 aliphatic carbocycles. The first kappa shape index (κ1) is 16.8. The summed E-state index contributed by atoms with van der Waals surface area (Å²) >= 11 is 0. The summed E-state index contributed by atoms with van der Waals surface area (Å²) < 4.78 is 0. The third-order valence-electron chi connectivity index (χ3n) is 4.87. The lowest BCUT2D eigenvalue weighted by Crippen LogP contribution is -2.62. The second-order valence-corrected chi connectivity index (χ2v) is 6.48. The molecule has 1 atom stereocenters. The molecule has 1 aliphatic heterocycles. The van der Waals surface area contributed by atoms with Gasteiger partial charge in [0.15, 0.2) is 0 Å². The second-order valence-electron chi connectivity index (χ2n) is 6.48. The molecule has 3 aromatic carbocycles. The van der Waals surface area contributed by atoms with Crippen LogP contribution in [0, 0.1) is 6.92 Å². The van der Waals surface area contributed by atoms with Gasteiger partial charge in [-0.3, -0.25) is 9.69 Å². The van der Waals surface area contributed by atoms with Crippen molar-refractivity contribution in [2.45, 2.75) is 12.6 Å². The van der Waals surface area contributed by atoms with Crippen molar-refractivity contribution < 1.29 is 14.7 Å². The predicted molar refractivity (Wildman–Crippen MR) is 104 cm³/mol. The molecule has 2 N–H and O–H groups in total. The van der Waals surface area contributed by atoms with E-state index in [1.54, 1.807) is 60.7 Å². The summed E-state index contributed by atoms with van der Waals surface area (Å²) in [5, 5.41) is 13.5. The summed E-state index contributed by atoms with van der Waals surface area (Å²) in [5.41, 5.74) is 1.03. The quantitative estimate of drug-likeness (QED) is 0.742. The van der Waals surface area contributed by atoms with Gasteiger partial charge in [0.05, 0.1) is 11.3 Å². The molecule has 0 saturated heterocycles. The topological polar surface area (TPSA) is 69.6 Å². The Bertz CT molecular complexity index is 1030. The van der Waals surface area contributed by atoms with E-state index in [4.69, 9.17) is 0 Å². The van der Waals surface area contributed by atoms with Crippen LogP contribution in [0.15, 0.2) is 78.9 Å². The Balaban J connectivity index is 2.06. The average molecular weight is 358 g/mol. The van der Waals surface area contributed by atoms with E-state index < -0.39 is 11.6 Å². The van der Waals surface area contributed by atoms with Crippen LogP contribution in [-0.4, -0.2) is 17.0 Å². The van der Waals surface area contributed by atoms with Crippen LogP contribution in [-0.2, 0) is 10.5 Å². The number of aryl methyl sites for hydroxylation is 1. The lowest BCUT2D eigenvalue weighted by atomic mass is 9.90. The lowest BCUT2D eigenvalue weighted by molar-refractivity contribution is -0.142. The molecular weight excluding hydrogens is 340 g/mol. The molecular formula is C22H18N2O3. The summed E-state index contributed by atoms with van der Waals surface area (Å²) in [5.74, 6) is -1.51. The number of amides is 1. The molecule has 0 bridgehead atoms. The van der Waals surface area contributed by atoms with Crippen LogP contribution in [0.3, 0.4) is 0 Å². The van der Waals surface area contributed by atoms with E-state index in [0.717, 1.165) is 5.56 Å². The first-order valence-corrected chi connectivity index (χ1v) is 8.62. The second kappa shape index (κ2) is 6.29. The number of anilines is 2. The summed E-state index contributed by atoms with van der Waals surface area (Å²) in [4.78, 5) is 27.5. The molecule has 3 aromatic rings. The number of benzene rings is 3. The number of fused-ring (bicyclic) bond motifs is 1. The Morgan fingerprint density at radius 2 is 1.56 bits per heavy atom. The maximum absolute atomic E-state index is 13.5. The highest BCUT2D eigenvalue weighted by molar-refractivity contribution is 6.17. The van der Waals surface area contributed by atoms with Gasteiger partial charge in [0, 0.05) is 11.3 Å². The zero-order valence-corrected chi connectivity index (χ0v) is 14.7. The van der Waals surface area contributed by atoms with Crippen molar-refractivity contribution in [2.75, 3.05) is 10.2 Å². The first-order valence-electron chi connectivity index (χ1n) is 8.62. The number of carboxylic acids is 1. The number of nitrogens with one attached hydrogen (secondary N) is 1. The molecule has 1 heterocycles. The molecule has 1 unspecified atom stereocenters. The van der Waals surface area contributed by atoms with Gasteiger partial charge in [0.1, 0.15) is 0 Å². The van der Waals surface area contributed by atoms with E-state index in [1.807, 2.05) is 25.1 Å². The number of aliphatic carboxylic acids is 1. The average Bonchev–Trinajstić information content (AvgIpc) is 2.69. The van der Waals surface area contributed by atoms with Crippen LogP contribution < -0.4 is 10.2 Å². The predicted octanol–water partition coefficient (Wildman–Crippen LogP) is 4.00. The minimum absolute atomic E-state index is 0.357. The largest absolute Gasteiger partial charge is 0.478 e. The zero-order chi connectivity index (χ0) is 19.0. The van der Waals surface area contributed by atoms with Crippen LogP contribution in [0.2, 0.25) is 0 Å². The zero-order valence-electron chi connectivity index (χ0n) is 14.7. The molecule has 0 fully saturated rings. The van der Waals surface area contributed by atoms with Crippen molar-refractivity contribution >= 4 is 23.3 Å². The van der Waals surface area contributed by atoms with Crippen LogP contribution in [0.4, 0.5) is 11.4 Å². The van der Waals surface area contributed by atoms with Gasteiger partial charge in [-0.05, 0) is 30.7 Å². The van der Waals surface area contributed by atoms with E-state index >= 15 is 0 Å². The molecule has 0 aromatic heterocycles. The normalized spacial score (nSPS) is 18.6. The van der Waals surface area contributed by atoms with Crippen molar-refractivity contribution in [1.29, 1.82) is 0 Å². The Kier molecular flexibility index (Phi) is 3.92. The Hall–Kier alpha value is -3.60. The minimum Gasteiger partial charge on any atom is -0.478 e. The molecule has 4 rings (SSSR count). The number of carboxylic acid groups (broad SMARTS) is 1. The molecule has 134 valence electrons.